The molecule has 0 aliphatic carbocycles. The van der Waals surface area contributed by atoms with E-state index in [1.165, 1.54) is 17.5 Å². The first-order chi connectivity index (χ1) is 8.28. The quantitative estimate of drug-likeness (QED) is 0.751. The smallest absolute Gasteiger partial charge is 0.260 e. The molecule has 0 saturated carbocycles. The summed E-state index contributed by atoms with van der Waals surface area (Å²) < 4.78 is 25.8. The molecule has 1 aromatic heterocycles. The van der Waals surface area contributed by atoms with Crippen LogP contribution in [0.2, 0.25) is 0 Å². The summed E-state index contributed by atoms with van der Waals surface area (Å²) in [6.45, 7) is 3.65. The second kappa shape index (κ2) is 5.77. The molecular formula is C10H18N4O2S2. The Labute approximate surface area is 113 Å². The highest BCUT2D eigenvalue weighted by molar-refractivity contribution is 7.89. The molecule has 0 spiro atoms. The van der Waals surface area contributed by atoms with Gasteiger partial charge in [-0.25, -0.2) is 13.4 Å². The third-order valence-electron chi connectivity index (χ3n) is 2.71. The van der Waals surface area contributed by atoms with Gasteiger partial charge in [0.05, 0.1) is 11.2 Å². The van der Waals surface area contributed by atoms with Crippen LogP contribution >= 0.6 is 12.2 Å². The molecule has 0 saturated heterocycles. The lowest BCUT2D eigenvalue weighted by molar-refractivity contribution is 0.395. The van der Waals surface area contributed by atoms with Gasteiger partial charge in [0.25, 0.3) is 10.0 Å². The number of nitrogens with two attached hydrogens (primary N) is 1. The number of aromatic amines is 1. The molecule has 1 atom stereocenters. The molecule has 1 unspecified atom stereocenters. The van der Waals surface area contributed by atoms with E-state index in [1.807, 2.05) is 6.92 Å². The van der Waals surface area contributed by atoms with Gasteiger partial charge < -0.3 is 10.7 Å². The van der Waals surface area contributed by atoms with Crippen molar-refractivity contribution in [2.45, 2.75) is 37.8 Å². The molecule has 1 heterocycles. The topological polar surface area (TPSA) is 92.1 Å². The average Bonchev–Trinajstić information content (AvgIpc) is 2.76. The van der Waals surface area contributed by atoms with E-state index >= 15 is 0 Å². The minimum atomic E-state index is -3.57. The average molecular weight is 290 g/mol. The van der Waals surface area contributed by atoms with Crippen molar-refractivity contribution in [3.8, 4) is 0 Å². The molecule has 0 aromatic carbocycles. The number of aryl methyl sites for hydroxylation is 1. The van der Waals surface area contributed by atoms with E-state index in [-0.39, 0.29) is 11.1 Å². The molecule has 18 heavy (non-hydrogen) atoms. The van der Waals surface area contributed by atoms with Crippen LogP contribution in [-0.4, -0.2) is 40.8 Å². The largest absolute Gasteiger partial charge is 0.393 e. The Morgan fingerprint density at radius 1 is 1.67 bits per heavy atom. The van der Waals surface area contributed by atoms with E-state index in [2.05, 4.69) is 9.97 Å². The fourth-order valence-electron chi connectivity index (χ4n) is 1.47. The van der Waals surface area contributed by atoms with Crippen LogP contribution in [-0.2, 0) is 16.4 Å². The minimum absolute atomic E-state index is 0.0941. The molecule has 0 radical (unpaired) electrons. The molecule has 102 valence electrons. The summed E-state index contributed by atoms with van der Waals surface area (Å²) in [5.41, 5.74) is 5.43. The summed E-state index contributed by atoms with van der Waals surface area (Å²) in [6, 6.07) is -0.291. The minimum Gasteiger partial charge on any atom is -0.393 e. The van der Waals surface area contributed by atoms with E-state index in [0.29, 0.717) is 23.7 Å². The molecule has 0 fully saturated rings. The fraction of sp³-hybridized carbons (Fsp3) is 0.600. The molecule has 0 aliphatic rings. The second-order valence-corrected chi connectivity index (χ2v) is 6.58. The summed E-state index contributed by atoms with van der Waals surface area (Å²) >= 11 is 4.79. The highest BCUT2D eigenvalue weighted by Crippen LogP contribution is 2.16. The van der Waals surface area contributed by atoms with Crippen molar-refractivity contribution in [2.75, 3.05) is 7.05 Å². The van der Waals surface area contributed by atoms with Gasteiger partial charge in [-0.15, -0.1) is 0 Å². The standard InChI is InChI=1S/C10H18N4O2S2/c1-4-9-12-6-10(13-9)18(15,16)14(3)7(2)5-8(11)17/h6-7H,4-5H2,1-3H3,(H2,11,17)(H,12,13). The van der Waals surface area contributed by atoms with Crippen molar-refractivity contribution in [1.29, 1.82) is 0 Å². The molecular weight excluding hydrogens is 272 g/mol. The summed E-state index contributed by atoms with van der Waals surface area (Å²) in [5.74, 6) is 0.643. The molecule has 0 aliphatic heterocycles. The monoisotopic (exact) mass is 290 g/mol. The lowest BCUT2D eigenvalue weighted by Gasteiger charge is -2.22. The van der Waals surface area contributed by atoms with Crippen LogP contribution in [0.4, 0.5) is 0 Å². The number of hydrogen-bond acceptors (Lipinski definition) is 4. The number of nitrogens with zero attached hydrogens (tertiary/aromatic N) is 2. The zero-order chi connectivity index (χ0) is 13.9. The van der Waals surface area contributed by atoms with E-state index in [4.69, 9.17) is 18.0 Å². The predicted octanol–water partition coefficient (Wildman–Crippen LogP) is 0.657. The van der Waals surface area contributed by atoms with Crippen molar-refractivity contribution in [3.63, 3.8) is 0 Å². The first kappa shape index (κ1) is 15.1. The van der Waals surface area contributed by atoms with Gasteiger partial charge in [0.15, 0.2) is 5.03 Å². The number of aromatic nitrogens is 2. The van der Waals surface area contributed by atoms with Gasteiger partial charge in [0.1, 0.15) is 5.82 Å². The first-order valence-corrected chi connectivity index (χ1v) is 7.44. The Morgan fingerprint density at radius 3 is 2.72 bits per heavy atom. The Morgan fingerprint density at radius 2 is 2.28 bits per heavy atom. The molecule has 6 nitrogen and oxygen atoms in total. The fourth-order valence-corrected chi connectivity index (χ4v) is 3.00. The van der Waals surface area contributed by atoms with Gasteiger partial charge in [-0.3, -0.25) is 0 Å². The molecule has 3 N–H and O–H groups in total. The van der Waals surface area contributed by atoms with E-state index in [0.717, 1.165) is 0 Å². The summed E-state index contributed by atoms with van der Waals surface area (Å²) in [4.78, 5) is 7.07. The van der Waals surface area contributed by atoms with Crippen molar-refractivity contribution < 1.29 is 8.42 Å². The van der Waals surface area contributed by atoms with Crippen LogP contribution in [0, 0.1) is 0 Å². The second-order valence-electron chi connectivity index (χ2n) is 4.09. The zero-order valence-corrected chi connectivity index (χ0v) is 12.3. The van der Waals surface area contributed by atoms with Crippen LogP contribution in [0.5, 0.6) is 0 Å². The van der Waals surface area contributed by atoms with Gasteiger partial charge in [0.2, 0.25) is 0 Å². The van der Waals surface area contributed by atoms with Crippen molar-refractivity contribution in [2.24, 2.45) is 5.73 Å². The molecule has 0 bridgehead atoms. The maximum absolute atomic E-state index is 12.3. The van der Waals surface area contributed by atoms with Crippen LogP contribution in [0.15, 0.2) is 11.2 Å². The van der Waals surface area contributed by atoms with Crippen molar-refractivity contribution in [1.82, 2.24) is 14.3 Å². The number of hydrogen-bond donors (Lipinski definition) is 2. The number of thiocarbonyl (C=S) groups is 1. The van der Waals surface area contributed by atoms with Crippen LogP contribution in [0.1, 0.15) is 26.1 Å². The normalized spacial score (nSPS) is 13.8. The van der Waals surface area contributed by atoms with Crippen LogP contribution in [0.25, 0.3) is 0 Å². The maximum atomic E-state index is 12.3. The number of rotatable bonds is 6. The summed E-state index contributed by atoms with van der Waals surface area (Å²) in [6.07, 6.45) is 2.33. The Balaban J connectivity index is 2.95. The third-order valence-corrected chi connectivity index (χ3v) is 4.76. The maximum Gasteiger partial charge on any atom is 0.260 e. The Hall–Kier alpha value is -0.990. The molecule has 1 rings (SSSR count). The lowest BCUT2D eigenvalue weighted by atomic mass is 10.2. The zero-order valence-electron chi connectivity index (χ0n) is 10.7. The number of nitrogens with one attached hydrogen (secondary N) is 1. The number of imidazole rings is 1. The summed E-state index contributed by atoms with van der Waals surface area (Å²) in [7, 11) is -2.07. The Kier molecular flexibility index (Phi) is 4.83. The van der Waals surface area contributed by atoms with Crippen LogP contribution < -0.4 is 5.73 Å². The van der Waals surface area contributed by atoms with Crippen molar-refractivity contribution in [3.05, 3.63) is 12.0 Å². The predicted molar refractivity (Wildman–Crippen MR) is 73.8 cm³/mol. The number of sulfonamides is 1. The molecule has 8 heteroatoms. The lowest BCUT2D eigenvalue weighted by Crippen LogP contribution is -2.37. The first-order valence-electron chi connectivity index (χ1n) is 5.59. The SMILES string of the molecule is CCc1ncc(S(=O)(=O)N(C)C(C)CC(N)=S)[nH]1. The highest BCUT2D eigenvalue weighted by atomic mass is 32.2. The van der Waals surface area contributed by atoms with Gasteiger partial charge in [-0.1, -0.05) is 19.1 Å². The van der Waals surface area contributed by atoms with E-state index in [9.17, 15) is 8.42 Å². The molecule has 0 amide bonds. The van der Waals surface area contributed by atoms with Gasteiger partial charge >= 0.3 is 0 Å². The molecule has 1 aromatic rings. The highest BCUT2D eigenvalue weighted by Gasteiger charge is 2.27. The Bertz CT molecular complexity index is 524. The van der Waals surface area contributed by atoms with Crippen LogP contribution in [0.3, 0.4) is 0 Å². The van der Waals surface area contributed by atoms with Gasteiger partial charge in [-0.05, 0) is 6.92 Å². The third kappa shape index (κ3) is 3.27. The summed E-state index contributed by atoms with van der Waals surface area (Å²) in [5, 5.41) is 0.0941. The van der Waals surface area contributed by atoms with Gasteiger partial charge in [-0.2, -0.15) is 4.31 Å². The number of H-pyrrole nitrogens is 1. The van der Waals surface area contributed by atoms with Gasteiger partial charge in [0, 0.05) is 25.9 Å². The van der Waals surface area contributed by atoms with E-state index < -0.39 is 10.0 Å². The van der Waals surface area contributed by atoms with E-state index in [1.54, 1.807) is 6.92 Å². The van der Waals surface area contributed by atoms with Crippen molar-refractivity contribution >= 4 is 27.2 Å².